The van der Waals surface area contributed by atoms with Crippen molar-refractivity contribution in [3.8, 4) is 0 Å². The van der Waals surface area contributed by atoms with Crippen LogP contribution in [0.4, 0.5) is 11.5 Å². The number of piperidine rings is 1. The number of hydrogen-bond donors (Lipinski definition) is 3. The Bertz CT molecular complexity index is 1150. The molecule has 0 spiro atoms. The number of nitrogens with one attached hydrogen (secondary N) is 2. The third-order valence-corrected chi connectivity index (χ3v) is 6.88. The summed E-state index contributed by atoms with van der Waals surface area (Å²) in [5.74, 6) is 0.877. The van der Waals surface area contributed by atoms with Crippen LogP contribution in [0, 0.1) is 5.92 Å². The summed E-state index contributed by atoms with van der Waals surface area (Å²) in [4.78, 5) is 43.4. The second-order valence-electron chi connectivity index (χ2n) is 9.78. The second-order valence-corrected chi connectivity index (χ2v) is 9.78. The highest BCUT2D eigenvalue weighted by molar-refractivity contribution is 6.02. The molecule has 1 aromatic heterocycles. The van der Waals surface area contributed by atoms with Crippen LogP contribution in [0.25, 0.3) is 0 Å². The van der Waals surface area contributed by atoms with Gasteiger partial charge >= 0.3 is 0 Å². The Hall–Kier alpha value is -3.98. The molecule has 1 saturated carbocycles. The first-order valence-corrected chi connectivity index (χ1v) is 13.5. The number of aromatic nitrogens is 1. The number of nitrogens with two attached hydrogens (primary N) is 1. The van der Waals surface area contributed by atoms with E-state index in [4.69, 9.17) is 5.73 Å². The molecule has 1 aromatic carbocycles. The van der Waals surface area contributed by atoms with Crippen molar-refractivity contribution in [3.63, 3.8) is 0 Å². The fourth-order valence-electron chi connectivity index (χ4n) is 4.32. The third kappa shape index (κ3) is 9.07. The van der Waals surface area contributed by atoms with Crippen molar-refractivity contribution in [2.24, 2.45) is 11.7 Å². The van der Waals surface area contributed by atoms with E-state index in [0.29, 0.717) is 40.5 Å². The number of primary amides is 1. The number of pyridine rings is 1. The normalized spacial score (nSPS) is 14.8. The van der Waals surface area contributed by atoms with E-state index < -0.39 is 5.91 Å². The van der Waals surface area contributed by atoms with Gasteiger partial charge < -0.3 is 26.2 Å². The molecule has 2 fully saturated rings. The lowest BCUT2D eigenvalue weighted by molar-refractivity contribution is 0.0952. The molecule has 208 valence electrons. The molecule has 2 amide bonds. The number of benzene rings is 1. The largest absolute Gasteiger partial charge is 0.384 e. The Labute approximate surface area is 231 Å². The number of hydrogen-bond acceptors (Lipinski definition) is 7. The molecule has 0 radical (unpaired) electrons. The molecule has 0 bridgehead atoms. The van der Waals surface area contributed by atoms with Gasteiger partial charge in [-0.1, -0.05) is 19.6 Å². The highest BCUT2D eigenvalue weighted by atomic mass is 16.2. The lowest BCUT2D eigenvalue weighted by Gasteiger charge is -2.25. The third-order valence-electron chi connectivity index (χ3n) is 6.88. The van der Waals surface area contributed by atoms with E-state index in [9.17, 15) is 14.4 Å². The Morgan fingerprint density at radius 3 is 2.33 bits per heavy atom. The zero-order valence-corrected chi connectivity index (χ0v) is 22.8. The Morgan fingerprint density at radius 2 is 1.77 bits per heavy atom. The molecule has 1 saturated heterocycles. The van der Waals surface area contributed by atoms with Gasteiger partial charge in [0.2, 0.25) is 0 Å². The van der Waals surface area contributed by atoms with E-state index in [1.54, 1.807) is 48.7 Å². The van der Waals surface area contributed by atoms with E-state index in [1.807, 2.05) is 12.1 Å². The van der Waals surface area contributed by atoms with Crippen molar-refractivity contribution in [1.82, 2.24) is 15.2 Å². The molecule has 9 nitrogen and oxygen atoms in total. The summed E-state index contributed by atoms with van der Waals surface area (Å²) >= 11 is 0. The number of carbonyl (C=O) groups is 3. The van der Waals surface area contributed by atoms with Crippen LogP contribution in [0.3, 0.4) is 0 Å². The van der Waals surface area contributed by atoms with Crippen molar-refractivity contribution in [2.75, 3.05) is 43.4 Å². The maximum atomic E-state index is 12.2. The van der Waals surface area contributed by atoms with Crippen molar-refractivity contribution < 1.29 is 14.4 Å². The SMILES string of the molecule is C=CN(C=C)c1ccc(C(=O)CCN2CCCCC2)cn1.CNC(=O)c1ccc(C(N)=O)c(NCC2CC2)c1. The fraction of sp³-hybridized carbons (Fsp3) is 0.400. The van der Waals surface area contributed by atoms with E-state index in [0.717, 1.165) is 26.2 Å². The molecule has 4 rings (SSSR count). The van der Waals surface area contributed by atoms with Crippen LogP contribution in [-0.4, -0.2) is 60.7 Å². The molecule has 1 aliphatic carbocycles. The quantitative estimate of drug-likeness (QED) is 0.350. The fourth-order valence-corrected chi connectivity index (χ4v) is 4.32. The first-order chi connectivity index (χ1) is 18.9. The minimum atomic E-state index is -0.489. The molecule has 2 aliphatic rings. The van der Waals surface area contributed by atoms with Crippen LogP contribution in [-0.2, 0) is 0 Å². The Kier molecular flexibility index (Phi) is 11.2. The Balaban J connectivity index is 0.000000218. The molecule has 2 heterocycles. The number of ketones is 1. The molecule has 9 heteroatoms. The molecule has 1 aliphatic heterocycles. The van der Waals surface area contributed by atoms with Crippen molar-refractivity contribution in [2.45, 2.75) is 38.5 Å². The first-order valence-electron chi connectivity index (χ1n) is 13.5. The zero-order valence-electron chi connectivity index (χ0n) is 22.8. The predicted molar refractivity (Wildman–Crippen MR) is 156 cm³/mol. The van der Waals surface area contributed by atoms with E-state index >= 15 is 0 Å². The van der Waals surface area contributed by atoms with Gasteiger partial charge in [0.05, 0.1) is 5.56 Å². The molecule has 0 atom stereocenters. The molecular formula is C30H40N6O3. The number of carbonyl (C=O) groups excluding carboxylic acids is 3. The van der Waals surface area contributed by atoms with Gasteiger partial charge in [-0.05, 0) is 75.0 Å². The summed E-state index contributed by atoms with van der Waals surface area (Å²) in [6.07, 6.45) is 11.7. The monoisotopic (exact) mass is 532 g/mol. The van der Waals surface area contributed by atoms with E-state index in [2.05, 4.69) is 33.7 Å². The minimum Gasteiger partial charge on any atom is -0.384 e. The molecule has 4 N–H and O–H groups in total. The summed E-state index contributed by atoms with van der Waals surface area (Å²) in [5, 5.41) is 5.75. The van der Waals surface area contributed by atoms with Gasteiger partial charge in [0.25, 0.3) is 11.8 Å². The minimum absolute atomic E-state index is 0.156. The van der Waals surface area contributed by atoms with Gasteiger partial charge in [-0.3, -0.25) is 14.4 Å². The van der Waals surface area contributed by atoms with Gasteiger partial charge in [-0.25, -0.2) is 4.98 Å². The van der Waals surface area contributed by atoms with Gasteiger partial charge in [0, 0.05) is 62.0 Å². The maximum absolute atomic E-state index is 12.2. The number of anilines is 2. The average Bonchev–Trinajstić information content (AvgIpc) is 3.81. The molecule has 39 heavy (non-hydrogen) atoms. The topological polar surface area (TPSA) is 121 Å². The van der Waals surface area contributed by atoms with Gasteiger partial charge in [-0.2, -0.15) is 0 Å². The number of rotatable bonds is 12. The average molecular weight is 533 g/mol. The summed E-state index contributed by atoms with van der Waals surface area (Å²) in [6.45, 7) is 11.3. The van der Waals surface area contributed by atoms with Crippen LogP contribution >= 0.6 is 0 Å². The summed E-state index contributed by atoms with van der Waals surface area (Å²) in [5.41, 5.74) is 7.56. The number of likely N-dealkylation sites (tertiary alicyclic amines) is 1. The molecule has 2 aromatic rings. The van der Waals surface area contributed by atoms with E-state index in [-0.39, 0.29) is 11.7 Å². The first kappa shape index (κ1) is 29.6. The molecular weight excluding hydrogens is 492 g/mol. The van der Waals surface area contributed by atoms with Crippen molar-refractivity contribution in [3.05, 3.63) is 78.8 Å². The number of amides is 2. The van der Waals surface area contributed by atoms with Gasteiger partial charge in [-0.15, -0.1) is 0 Å². The smallest absolute Gasteiger partial charge is 0.251 e. The highest BCUT2D eigenvalue weighted by Gasteiger charge is 2.22. The van der Waals surface area contributed by atoms with Gasteiger partial charge in [0.1, 0.15) is 5.82 Å². The summed E-state index contributed by atoms with van der Waals surface area (Å²) in [7, 11) is 1.57. The van der Waals surface area contributed by atoms with Crippen LogP contribution in [0.1, 0.15) is 69.6 Å². The molecule has 0 unspecified atom stereocenters. The van der Waals surface area contributed by atoms with Gasteiger partial charge in [0.15, 0.2) is 5.78 Å². The van der Waals surface area contributed by atoms with Crippen LogP contribution < -0.4 is 21.3 Å². The predicted octanol–water partition coefficient (Wildman–Crippen LogP) is 4.20. The van der Waals surface area contributed by atoms with Crippen LogP contribution in [0.5, 0.6) is 0 Å². The lowest BCUT2D eigenvalue weighted by atomic mass is 10.1. The van der Waals surface area contributed by atoms with Crippen molar-refractivity contribution >= 4 is 29.1 Å². The summed E-state index contributed by atoms with van der Waals surface area (Å²) in [6, 6.07) is 8.49. The summed E-state index contributed by atoms with van der Waals surface area (Å²) < 4.78 is 0. The highest BCUT2D eigenvalue weighted by Crippen LogP contribution is 2.29. The van der Waals surface area contributed by atoms with E-state index in [1.165, 1.54) is 32.1 Å². The number of nitrogens with zero attached hydrogens (tertiary/aromatic N) is 3. The lowest BCUT2D eigenvalue weighted by Crippen LogP contribution is -2.31. The van der Waals surface area contributed by atoms with Crippen LogP contribution in [0.15, 0.2) is 62.1 Å². The number of Topliss-reactive ketones (excluding diaryl/α,β-unsaturated/α-hetero) is 1. The standard InChI is InChI=1S/C17H23N3O.C13H17N3O2/c1-3-20(4-2)17-9-8-15(14-18-17)16(21)10-13-19-11-6-5-7-12-19;1-15-13(18)9-4-5-10(12(14)17)11(6-9)16-7-8-2-3-8/h3-4,8-9,14H,1-2,5-7,10-13H2;4-6,8,16H,2-3,7H2,1H3,(H2,14,17)(H,15,18). The maximum Gasteiger partial charge on any atom is 0.251 e. The Morgan fingerprint density at radius 1 is 1.08 bits per heavy atom. The second kappa shape index (κ2) is 14.8. The van der Waals surface area contributed by atoms with Crippen molar-refractivity contribution in [1.29, 1.82) is 0 Å². The van der Waals surface area contributed by atoms with Crippen LogP contribution in [0.2, 0.25) is 0 Å². The zero-order chi connectivity index (χ0) is 28.2.